The van der Waals surface area contributed by atoms with Crippen LogP contribution in [-0.2, 0) is 21.6 Å². The average molecular weight is 463 g/mol. The van der Waals surface area contributed by atoms with Gasteiger partial charge in [-0.2, -0.15) is 0 Å². The van der Waals surface area contributed by atoms with Crippen molar-refractivity contribution >= 4 is 33.2 Å². The Hall–Kier alpha value is -1.80. The Balaban J connectivity index is 1.77. The molecule has 4 rings (SSSR count). The maximum Gasteiger partial charge on any atom is 0.175 e. The van der Waals surface area contributed by atoms with Gasteiger partial charge in [-0.25, -0.2) is 13.4 Å². The number of benzene rings is 2. The van der Waals surface area contributed by atoms with Crippen LogP contribution in [0.2, 0.25) is 5.02 Å². The monoisotopic (exact) mass is 462 g/mol. The van der Waals surface area contributed by atoms with Crippen LogP contribution in [0.5, 0.6) is 0 Å². The van der Waals surface area contributed by atoms with Crippen molar-refractivity contribution in [1.29, 1.82) is 0 Å². The van der Waals surface area contributed by atoms with E-state index >= 15 is 0 Å². The summed E-state index contributed by atoms with van der Waals surface area (Å²) < 4.78 is 31.4. The SMILES string of the molecule is Cn1c(C2CCOCC2)nc(-c2ccc(S(C)(=O)=O)cc2)c1Sc1ccc(Cl)cc1. The number of imidazole rings is 1. The van der Waals surface area contributed by atoms with Gasteiger partial charge in [-0.1, -0.05) is 35.5 Å². The van der Waals surface area contributed by atoms with Gasteiger partial charge in [0, 0.05) is 47.9 Å². The molecule has 1 saturated heterocycles. The largest absolute Gasteiger partial charge is 0.381 e. The number of nitrogens with zero attached hydrogens (tertiary/aromatic N) is 2. The van der Waals surface area contributed by atoms with Gasteiger partial charge in [0.2, 0.25) is 0 Å². The molecule has 3 aromatic rings. The number of hydrogen-bond donors (Lipinski definition) is 0. The molecule has 0 unspecified atom stereocenters. The highest BCUT2D eigenvalue weighted by Gasteiger charge is 2.25. The zero-order chi connectivity index (χ0) is 21.3. The molecule has 5 nitrogen and oxygen atoms in total. The summed E-state index contributed by atoms with van der Waals surface area (Å²) in [6, 6.07) is 14.7. The zero-order valence-corrected chi connectivity index (χ0v) is 19.2. The van der Waals surface area contributed by atoms with E-state index in [9.17, 15) is 8.42 Å². The van der Waals surface area contributed by atoms with E-state index < -0.39 is 9.84 Å². The van der Waals surface area contributed by atoms with Gasteiger partial charge in [0.25, 0.3) is 0 Å². The third-order valence-electron chi connectivity index (χ3n) is 5.25. The highest BCUT2D eigenvalue weighted by atomic mass is 35.5. The number of aromatic nitrogens is 2. The van der Waals surface area contributed by atoms with Crippen LogP contribution in [0.4, 0.5) is 0 Å². The van der Waals surface area contributed by atoms with Crippen molar-refractivity contribution in [3.05, 3.63) is 59.4 Å². The number of rotatable bonds is 5. The molecule has 0 amide bonds. The molecule has 2 heterocycles. The maximum atomic E-state index is 11.8. The number of halogens is 1. The van der Waals surface area contributed by atoms with Crippen LogP contribution >= 0.6 is 23.4 Å². The summed E-state index contributed by atoms with van der Waals surface area (Å²) in [5, 5.41) is 1.72. The summed E-state index contributed by atoms with van der Waals surface area (Å²) in [4.78, 5) is 6.39. The van der Waals surface area contributed by atoms with E-state index in [1.807, 2.05) is 43.4 Å². The van der Waals surface area contributed by atoms with Crippen molar-refractivity contribution in [3.63, 3.8) is 0 Å². The first-order valence-corrected chi connectivity index (χ1v) is 12.8. The van der Waals surface area contributed by atoms with Crippen molar-refractivity contribution in [2.45, 2.75) is 33.6 Å². The Kier molecular flexibility index (Phi) is 6.25. The second-order valence-corrected chi connectivity index (χ2v) is 10.9. The fourth-order valence-electron chi connectivity index (χ4n) is 3.60. The van der Waals surface area contributed by atoms with Crippen LogP contribution in [0, 0.1) is 0 Å². The summed E-state index contributed by atoms with van der Waals surface area (Å²) in [6.45, 7) is 1.49. The molecule has 0 radical (unpaired) electrons. The van der Waals surface area contributed by atoms with Gasteiger partial charge in [0.15, 0.2) is 9.84 Å². The summed E-state index contributed by atoms with van der Waals surface area (Å²) in [5.41, 5.74) is 1.76. The third-order valence-corrected chi connectivity index (χ3v) is 7.80. The van der Waals surface area contributed by atoms with Gasteiger partial charge in [-0.05, 0) is 49.2 Å². The summed E-state index contributed by atoms with van der Waals surface area (Å²) in [6.07, 6.45) is 3.11. The summed E-state index contributed by atoms with van der Waals surface area (Å²) in [5.74, 6) is 1.38. The molecule has 0 saturated carbocycles. The molecule has 2 aromatic carbocycles. The van der Waals surface area contributed by atoms with E-state index in [0.29, 0.717) is 15.8 Å². The van der Waals surface area contributed by atoms with E-state index in [1.165, 1.54) is 6.26 Å². The molecule has 1 aromatic heterocycles. The predicted molar refractivity (Wildman–Crippen MR) is 120 cm³/mol. The highest BCUT2D eigenvalue weighted by molar-refractivity contribution is 7.99. The lowest BCUT2D eigenvalue weighted by molar-refractivity contribution is 0.0829. The average Bonchev–Trinajstić information content (AvgIpc) is 3.06. The lowest BCUT2D eigenvalue weighted by Crippen LogP contribution is -2.17. The normalized spacial score (nSPS) is 15.4. The molecule has 0 aliphatic carbocycles. The lowest BCUT2D eigenvalue weighted by atomic mass is 9.99. The molecule has 0 N–H and O–H groups in total. The summed E-state index contributed by atoms with van der Waals surface area (Å²) >= 11 is 7.67. The zero-order valence-electron chi connectivity index (χ0n) is 16.8. The third kappa shape index (κ3) is 4.59. The van der Waals surface area contributed by atoms with Crippen molar-refractivity contribution in [1.82, 2.24) is 9.55 Å². The Morgan fingerprint density at radius 1 is 1.07 bits per heavy atom. The smallest absolute Gasteiger partial charge is 0.175 e. The molecule has 8 heteroatoms. The molecule has 1 aliphatic heterocycles. The van der Waals surface area contributed by atoms with Crippen molar-refractivity contribution in [3.8, 4) is 11.3 Å². The van der Waals surface area contributed by atoms with E-state index in [4.69, 9.17) is 21.3 Å². The van der Waals surface area contributed by atoms with E-state index in [0.717, 1.165) is 53.1 Å². The van der Waals surface area contributed by atoms with Crippen LogP contribution < -0.4 is 0 Å². The second kappa shape index (κ2) is 8.75. The fourth-order valence-corrected chi connectivity index (χ4v) is 5.34. The van der Waals surface area contributed by atoms with Gasteiger partial charge in [-0.3, -0.25) is 0 Å². The molecule has 0 spiro atoms. The van der Waals surface area contributed by atoms with Crippen LogP contribution in [0.3, 0.4) is 0 Å². The lowest BCUT2D eigenvalue weighted by Gasteiger charge is -2.21. The van der Waals surface area contributed by atoms with Gasteiger partial charge >= 0.3 is 0 Å². The Morgan fingerprint density at radius 2 is 1.70 bits per heavy atom. The van der Waals surface area contributed by atoms with Crippen molar-refractivity contribution in [2.24, 2.45) is 7.05 Å². The second-order valence-electron chi connectivity index (χ2n) is 7.42. The molecule has 30 heavy (non-hydrogen) atoms. The number of ether oxygens (including phenoxy) is 1. The van der Waals surface area contributed by atoms with E-state index in [1.54, 1.807) is 23.9 Å². The maximum absolute atomic E-state index is 11.8. The minimum Gasteiger partial charge on any atom is -0.381 e. The van der Waals surface area contributed by atoms with Crippen molar-refractivity contribution < 1.29 is 13.2 Å². The number of sulfone groups is 1. The highest BCUT2D eigenvalue weighted by Crippen LogP contribution is 2.39. The van der Waals surface area contributed by atoms with Gasteiger partial charge in [0.05, 0.1) is 4.90 Å². The Bertz CT molecular complexity index is 1130. The first-order valence-electron chi connectivity index (χ1n) is 9.71. The number of hydrogen-bond acceptors (Lipinski definition) is 5. The predicted octanol–water partition coefficient (Wildman–Crippen LogP) is 5.19. The molecule has 1 aliphatic rings. The van der Waals surface area contributed by atoms with Crippen LogP contribution in [0.1, 0.15) is 24.6 Å². The van der Waals surface area contributed by atoms with E-state index in [2.05, 4.69) is 4.57 Å². The molecular formula is C22H23ClN2O3S2. The minimum absolute atomic E-state index is 0.304. The minimum atomic E-state index is -3.24. The van der Waals surface area contributed by atoms with Crippen molar-refractivity contribution in [2.75, 3.05) is 19.5 Å². The first kappa shape index (κ1) is 21.4. The van der Waals surface area contributed by atoms with Gasteiger partial charge in [-0.15, -0.1) is 0 Å². The molecule has 1 fully saturated rings. The van der Waals surface area contributed by atoms with Gasteiger partial charge in [0.1, 0.15) is 16.5 Å². The Morgan fingerprint density at radius 3 is 2.30 bits per heavy atom. The Labute approximate surface area is 186 Å². The first-order chi connectivity index (χ1) is 14.3. The fraction of sp³-hybridized carbons (Fsp3) is 0.318. The van der Waals surface area contributed by atoms with Crippen LogP contribution in [0.15, 0.2) is 63.3 Å². The van der Waals surface area contributed by atoms with Crippen LogP contribution in [0.25, 0.3) is 11.3 Å². The standard InChI is InChI=1S/C22H23ClN2O3S2/c1-25-21(16-11-13-28-14-12-16)24-20(15-3-9-19(10-4-15)30(2,26)27)22(25)29-18-7-5-17(23)6-8-18/h3-10,16H,11-14H2,1-2H3. The molecule has 0 atom stereocenters. The molecule has 158 valence electrons. The van der Waals surface area contributed by atoms with Gasteiger partial charge < -0.3 is 9.30 Å². The molecule has 0 bridgehead atoms. The van der Waals surface area contributed by atoms with E-state index in [-0.39, 0.29) is 0 Å². The quantitative estimate of drug-likeness (QED) is 0.522. The topological polar surface area (TPSA) is 61.2 Å². The molecular weight excluding hydrogens is 440 g/mol. The summed E-state index contributed by atoms with van der Waals surface area (Å²) in [7, 11) is -1.20. The van der Waals surface area contributed by atoms with Crippen LogP contribution in [-0.4, -0.2) is 37.4 Å².